The van der Waals surface area contributed by atoms with Crippen LogP contribution in [0.1, 0.15) is 11.5 Å². The number of aryl methyl sites for hydroxylation is 1. The summed E-state index contributed by atoms with van der Waals surface area (Å²) in [6.07, 6.45) is 0. The van der Waals surface area contributed by atoms with Crippen LogP contribution in [0.3, 0.4) is 0 Å². The Morgan fingerprint density at radius 2 is 1.93 bits per heavy atom. The zero-order valence-electron chi connectivity index (χ0n) is 16.1. The van der Waals surface area contributed by atoms with E-state index in [1.165, 1.54) is 23.1 Å². The van der Waals surface area contributed by atoms with E-state index in [2.05, 4.69) is 20.5 Å². The van der Waals surface area contributed by atoms with E-state index in [1.54, 1.807) is 0 Å². The van der Waals surface area contributed by atoms with Crippen molar-refractivity contribution >= 4 is 34.1 Å². The van der Waals surface area contributed by atoms with Crippen LogP contribution in [0.15, 0.2) is 69.6 Å². The molecular formula is C21H18N4O3S2. The van der Waals surface area contributed by atoms with E-state index in [0.717, 1.165) is 22.6 Å². The lowest BCUT2D eigenvalue weighted by Crippen LogP contribution is -2.13. The minimum Gasteiger partial charge on any atom is -0.484 e. The summed E-state index contributed by atoms with van der Waals surface area (Å²) < 4.78 is 11.2. The molecule has 0 aliphatic heterocycles. The van der Waals surface area contributed by atoms with E-state index in [-0.39, 0.29) is 18.3 Å². The first-order valence-electron chi connectivity index (χ1n) is 9.12. The summed E-state index contributed by atoms with van der Waals surface area (Å²) >= 11 is 2.55. The summed E-state index contributed by atoms with van der Waals surface area (Å²) in [6.45, 7) is 2.14. The van der Waals surface area contributed by atoms with Crippen molar-refractivity contribution in [3.05, 3.63) is 71.4 Å². The van der Waals surface area contributed by atoms with Gasteiger partial charge in [-0.05, 0) is 18.6 Å². The van der Waals surface area contributed by atoms with Gasteiger partial charge in [-0.3, -0.25) is 4.79 Å². The van der Waals surface area contributed by atoms with Gasteiger partial charge in [-0.25, -0.2) is 4.98 Å². The van der Waals surface area contributed by atoms with E-state index < -0.39 is 0 Å². The minimum atomic E-state index is -0.190. The summed E-state index contributed by atoms with van der Waals surface area (Å²) in [7, 11) is 0. The largest absolute Gasteiger partial charge is 0.484 e. The van der Waals surface area contributed by atoms with Crippen LogP contribution in [0.4, 0.5) is 5.13 Å². The number of hydrogen-bond acceptors (Lipinski definition) is 8. The molecule has 4 rings (SSSR count). The van der Waals surface area contributed by atoms with Crippen LogP contribution in [-0.2, 0) is 11.4 Å². The van der Waals surface area contributed by atoms with E-state index >= 15 is 0 Å². The molecule has 0 saturated carbocycles. The zero-order chi connectivity index (χ0) is 20.8. The van der Waals surface area contributed by atoms with Crippen molar-refractivity contribution in [3.63, 3.8) is 0 Å². The molecule has 0 fully saturated rings. The molecule has 0 saturated heterocycles. The lowest BCUT2D eigenvalue weighted by atomic mass is 10.2. The third-order valence-electron chi connectivity index (χ3n) is 4.04. The Bertz CT molecular complexity index is 1130. The second-order valence-electron chi connectivity index (χ2n) is 6.26. The van der Waals surface area contributed by atoms with Crippen molar-refractivity contribution in [1.82, 2.24) is 15.2 Å². The fourth-order valence-electron chi connectivity index (χ4n) is 2.57. The molecule has 1 N–H and O–H groups in total. The molecule has 1 amide bonds. The average molecular weight is 439 g/mol. The van der Waals surface area contributed by atoms with E-state index in [9.17, 15) is 4.79 Å². The normalized spacial score (nSPS) is 10.7. The topological polar surface area (TPSA) is 90.1 Å². The summed E-state index contributed by atoms with van der Waals surface area (Å²) in [5.41, 5.74) is 2.87. The highest BCUT2D eigenvalue weighted by Crippen LogP contribution is 2.25. The SMILES string of the molecule is Cc1ccccc1OCc1nnc(SCC(=O)Nc2nc(-c3ccccc3)cs2)o1. The number of hydrogen-bond donors (Lipinski definition) is 1. The molecule has 9 heteroatoms. The number of nitrogens with zero attached hydrogens (tertiary/aromatic N) is 3. The van der Waals surface area contributed by atoms with Gasteiger partial charge >= 0.3 is 0 Å². The maximum atomic E-state index is 12.2. The number of anilines is 1. The van der Waals surface area contributed by atoms with Crippen molar-refractivity contribution in [2.24, 2.45) is 0 Å². The predicted octanol–water partition coefficient (Wildman–Crippen LogP) is 4.81. The molecule has 0 aliphatic carbocycles. The van der Waals surface area contributed by atoms with Gasteiger partial charge in [0.1, 0.15) is 5.75 Å². The first-order valence-corrected chi connectivity index (χ1v) is 11.0. The van der Waals surface area contributed by atoms with Gasteiger partial charge in [0.2, 0.25) is 5.91 Å². The molecule has 0 aliphatic rings. The fraction of sp³-hybridized carbons (Fsp3) is 0.143. The maximum Gasteiger partial charge on any atom is 0.277 e. The van der Waals surface area contributed by atoms with Crippen LogP contribution >= 0.6 is 23.1 Å². The van der Waals surface area contributed by atoms with E-state index in [1.807, 2.05) is 66.9 Å². The van der Waals surface area contributed by atoms with Gasteiger partial charge in [-0.15, -0.1) is 21.5 Å². The number of thioether (sulfide) groups is 1. The Morgan fingerprint density at radius 3 is 2.77 bits per heavy atom. The number of ether oxygens (including phenoxy) is 1. The van der Waals surface area contributed by atoms with Crippen molar-refractivity contribution in [2.75, 3.05) is 11.1 Å². The Balaban J connectivity index is 1.26. The number of carbonyl (C=O) groups excluding carboxylic acids is 1. The molecule has 152 valence electrons. The quantitative estimate of drug-likeness (QED) is 0.395. The highest BCUT2D eigenvalue weighted by molar-refractivity contribution is 7.99. The number of carbonyl (C=O) groups is 1. The first kappa shape index (κ1) is 20.1. The van der Waals surface area contributed by atoms with Gasteiger partial charge in [0.25, 0.3) is 11.1 Å². The molecule has 0 spiro atoms. The number of para-hydroxylation sites is 1. The molecule has 0 radical (unpaired) electrons. The average Bonchev–Trinajstić information content (AvgIpc) is 3.42. The fourth-order valence-corrected chi connectivity index (χ4v) is 3.88. The first-order chi connectivity index (χ1) is 14.7. The van der Waals surface area contributed by atoms with E-state index in [0.29, 0.717) is 16.2 Å². The second kappa shape index (κ2) is 9.55. The number of thiazole rings is 1. The molecule has 0 atom stereocenters. The lowest BCUT2D eigenvalue weighted by Gasteiger charge is -2.05. The van der Waals surface area contributed by atoms with Crippen LogP contribution in [0.25, 0.3) is 11.3 Å². The Labute approximate surface area is 181 Å². The molecule has 2 aromatic heterocycles. The Kier molecular flexibility index (Phi) is 6.41. The predicted molar refractivity (Wildman–Crippen MR) is 117 cm³/mol. The standard InChI is InChI=1S/C21H18N4O3S2/c1-14-7-5-6-10-17(14)27-11-19-24-25-21(28-19)30-13-18(26)23-20-22-16(12-29-20)15-8-3-2-4-9-15/h2-10,12H,11,13H2,1H3,(H,22,23,26). The van der Waals surface area contributed by atoms with Gasteiger partial charge in [0.15, 0.2) is 11.7 Å². The maximum absolute atomic E-state index is 12.2. The zero-order valence-corrected chi connectivity index (χ0v) is 17.7. The number of nitrogens with one attached hydrogen (secondary N) is 1. The molecule has 2 aromatic carbocycles. The molecular weight excluding hydrogens is 420 g/mol. The summed E-state index contributed by atoms with van der Waals surface area (Å²) in [4.78, 5) is 16.7. The second-order valence-corrected chi connectivity index (χ2v) is 8.04. The van der Waals surface area contributed by atoms with Crippen molar-refractivity contribution in [2.45, 2.75) is 18.8 Å². The summed E-state index contributed by atoms with van der Waals surface area (Å²) in [6, 6.07) is 17.5. The third kappa shape index (κ3) is 5.25. The van der Waals surface area contributed by atoms with Gasteiger partial charge in [-0.1, -0.05) is 60.3 Å². The smallest absolute Gasteiger partial charge is 0.277 e. The number of amides is 1. The Morgan fingerprint density at radius 1 is 1.13 bits per heavy atom. The summed E-state index contributed by atoms with van der Waals surface area (Å²) in [5.74, 6) is 1.07. The van der Waals surface area contributed by atoms with E-state index in [4.69, 9.17) is 9.15 Å². The van der Waals surface area contributed by atoms with Crippen molar-refractivity contribution in [1.29, 1.82) is 0 Å². The van der Waals surface area contributed by atoms with Gasteiger partial charge in [0.05, 0.1) is 11.4 Å². The number of rotatable bonds is 8. The van der Waals surface area contributed by atoms with Crippen LogP contribution in [-0.4, -0.2) is 26.8 Å². The number of aromatic nitrogens is 3. The molecule has 30 heavy (non-hydrogen) atoms. The third-order valence-corrected chi connectivity index (χ3v) is 5.62. The summed E-state index contributed by atoms with van der Waals surface area (Å²) in [5, 5.41) is 13.5. The molecule has 7 nitrogen and oxygen atoms in total. The lowest BCUT2D eigenvalue weighted by molar-refractivity contribution is -0.113. The highest BCUT2D eigenvalue weighted by Gasteiger charge is 2.12. The number of benzene rings is 2. The minimum absolute atomic E-state index is 0.139. The van der Waals surface area contributed by atoms with Gasteiger partial charge in [0, 0.05) is 10.9 Å². The van der Waals surface area contributed by atoms with Gasteiger partial charge < -0.3 is 14.5 Å². The van der Waals surface area contributed by atoms with Crippen LogP contribution in [0.2, 0.25) is 0 Å². The van der Waals surface area contributed by atoms with Crippen molar-refractivity contribution < 1.29 is 13.9 Å². The molecule has 0 bridgehead atoms. The van der Waals surface area contributed by atoms with Crippen molar-refractivity contribution in [3.8, 4) is 17.0 Å². The van der Waals surface area contributed by atoms with Crippen LogP contribution < -0.4 is 10.1 Å². The molecule has 4 aromatic rings. The monoisotopic (exact) mass is 438 g/mol. The molecule has 2 heterocycles. The van der Waals surface area contributed by atoms with Gasteiger partial charge in [-0.2, -0.15) is 0 Å². The van der Waals surface area contributed by atoms with Crippen LogP contribution in [0, 0.1) is 6.92 Å². The van der Waals surface area contributed by atoms with Crippen LogP contribution in [0.5, 0.6) is 5.75 Å². The highest BCUT2D eigenvalue weighted by atomic mass is 32.2. The Hall–Kier alpha value is -3.17. The molecule has 0 unspecified atom stereocenters.